The van der Waals surface area contributed by atoms with E-state index < -0.39 is 15.8 Å². The number of ether oxygens (including phenoxy) is 1. The molecule has 40 heavy (non-hydrogen) atoms. The third-order valence-corrected chi connectivity index (χ3v) is 8.85. The second-order valence-electron chi connectivity index (χ2n) is 9.79. The molecule has 0 amide bonds. The molecule has 2 aliphatic heterocycles. The van der Waals surface area contributed by atoms with Crippen molar-refractivity contribution in [3.63, 3.8) is 0 Å². The fraction of sp³-hybridized carbons (Fsp3) is 0.462. The van der Waals surface area contributed by atoms with Gasteiger partial charge in [0, 0.05) is 69.4 Å². The summed E-state index contributed by atoms with van der Waals surface area (Å²) in [5.74, 6) is 0.400. The van der Waals surface area contributed by atoms with E-state index in [2.05, 4.69) is 20.2 Å². The topological polar surface area (TPSA) is 143 Å². The normalized spacial score (nSPS) is 16.3. The van der Waals surface area contributed by atoms with Gasteiger partial charge in [-0.05, 0) is 38.1 Å². The number of fused-ring (bicyclic) bond motifs is 1. The van der Waals surface area contributed by atoms with E-state index in [0.29, 0.717) is 81.9 Å². The molecule has 12 nitrogen and oxygen atoms in total. The summed E-state index contributed by atoms with van der Waals surface area (Å²) in [5.41, 5.74) is 8.03. The predicted octanol–water partition coefficient (Wildman–Crippen LogP) is 2.12. The Morgan fingerprint density at radius 1 is 1.07 bits per heavy atom. The Bertz CT molecular complexity index is 1450. The lowest BCUT2D eigenvalue weighted by atomic mass is 10.1. The molecule has 2 aliphatic rings. The van der Waals surface area contributed by atoms with Crippen LogP contribution < -0.4 is 16.0 Å². The van der Waals surface area contributed by atoms with Crippen LogP contribution in [-0.2, 0) is 21.2 Å². The Hall–Kier alpha value is -3.46. The zero-order valence-electron chi connectivity index (χ0n) is 22.7. The molecule has 2 aromatic heterocycles. The number of rotatable bonds is 10. The molecule has 0 atom stereocenters. The number of hydrogen-bond acceptors (Lipinski definition) is 11. The highest BCUT2D eigenvalue weighted by atomic mass is 32.2. The number of likely N-dealkylation sites (N-methyl/N-ethyl adjacent to an activating group) is 1. The molecule has 214 valence electrons. The maximum atomic E-state index is 15.6. The number of anilines is 4. The molecular formula is C26H34FN9O3S. The van der Waals surface area contributed by atoms with Gasteiger partial charge >= 0.3 is 0 Å². The minimum absolute atomic E-state index is 0.0606. The summed E-state index contributed by atoms with van der Waals surface area (Å²) in [6.45, 7) is 6.12. The molecule has 5 rings (SSSR count). The van der Waals surface area contributed by atoms with Crippen LogP contribution in [0, 0.1) is 5.82 Å². The molecule has 4 heterocycles. The van der Waals surface area contributed by atoms with E-state index in [9.17, 15) is 8.42 Å². The van der Waals surface area contributed by atoms with Crippen LogP contribution in [0.2, 0.25) is 0 Å². The first-order valence-corrected chi connectivity index (χ1v) is 14.8. The summed E-state index contributed by atoms with van der Waals surface area (Å²) in [6, 6.07) is 4.07. The van der Waals surface area contributed by atoms with Crippen molar-refractivity contribution in [2.24, 2.45) is 0 Å². The maximum absolute atomic E-state index is 15.6. The van der Waals surface area contributed by atoms with E-state index >= 15 is 4.39 Å². The summed E-state index contributed by atoms with van der Waals surface area (Å²) in [7, 11) is -1.86. The van der Waals surface area contributed by atoms with Crippen molar-refractivity contribution in [2.75, 3.05) is 75.5 Å². The van der Waals surface area contributed by atoms with E-state index in [1.54, 1.807) is 17.3 Å². The fourth-order valence-electron chi connectivity index (χ4n) is 4.79. The van der Waals surface area contributed by atoms with Crippen molar-refractivity contribution in [3.8, 4) is 11.3 Å². The second kappa shape index (κ2) is 12.0. The molecule has 14 heteroatoms. The van der Waals surface area contributed by atoms with Crippen molar-refractivity contribution >= 4 is 33.4 Å². The van der Waals surface area contributed by atoms with Gasteiger partial charge < -0.3 is 25.6 Å². The summed E-state index contributed by atoms with van der Waals surface area (Å²) < 4.78 is 48.9. The summed E-state index contributed by atoms with van der Waals surface area (Å²) in [6.07, 6.45) is 4.67. The van der Waals surface area contributed by atoms with Crippen molar-refractivity contribution in [2.45, 2.75) is 24.7 Å². The smallest absolute Gasteiger partial charge is 0.243 e. The summed E-state index contributed by atoms with van der Waals surface area (Å²) in [5, 5.41) is 3.19. The van der Waals surface area contributed by atoms with Gasteiger partial charge in [0.25, 0.3) is 0 Å². The zero-order chi connectivity index (χ0) is 28.3. The number of nitrogens with one attached hydrogen (secondary N) is 1. The highest BCUT2D eigenvalue weighted by Crippen LogP contribution is 2.40. The highest BCUT2D eigenvalue weighted by molar-refractivity contribution is 7.89. The molecule has 3 N–H and O–H groups in total. The molecule has 0 bridgehead atoms. The minimum Gasteiger partial charge on any atom is -0.380 e. The van der Waals surface area contributed by atoms with Gasteiger partial charge in [-0.25, -0.2) is 27.8 Å². The highest BCUT2D eigenvalue weighted by Gasteiger charge is 2.32. The molecule has 1 saturated heterocycles. The van der Waals surface area contributed by atoms with Gasteiger partial charge in [0.05, 0.1) is 22.9 Å². The van der Waals surface area contributed by atoms with Crippen LogP contribution >= 0.6 is 0 Å². The van der Waals surface area contributed by atoms with Gasteiger partial charge in [0.2, 0.25) is 21.9 Å². The van der Waals surface area contributed by atoms with Crippen LogP contribution in [0.25, 0.3) is 11.3 Å². The number of halogens is 1. The Kier molecular flexibility index (Phi) is 8.40. The lowest BCUT2D eigenvalue weighted by Gasteiger charge is -2.31. The first-order chi connectivity index (χ1) is 19.3. The Morgan fingerprint density at radius 3 is 2.52 bits per heavy atom. The van der Waals surface area contributed by atoms with Gasteiger partial charge in [0.15, 0.2) is 0 Å². The molecule has 1 aromatic carbocycles. The number of aromatic nitrogens is 4. The van der Waals surface area contributed by atoms with Crippen LogP contribution in [0.3, 0.4) is 0 Å². The van der Waals surface area contributed by atoms with Gasteiger partial charge in [-0.2, -0.15) is 9.29 Å². The van der Waals surface area contributed by atoms with Crippen molar-refractivity contribution in [3.05, 3.63) is 42.0 Å². The number of sulfonamides is 1. The van der Waals surface area contributed by atoms with Gasteiger partial charge in [-0.1, -0.05) is 6.92 Å². The van der Waals surface area contributed by atoms with Crippen LogP contribution in [0.5, 0.6) is 0 Å². The zero-order valence-corrected chi connectivity index (χ0v) is 23.5. The summed E-state index contributed by atoms with van der Waals surface area (Å²) >= 11 is 0. The van der Waals surface area contributed by atoms with E-state index in [4.69, 9.17) is 20.4 Å². The predicted molar refractivity (Wildman–Crippen MR) is 150 cm³/mol. The van der Waals surface area contributed by atoms with Crippen molar-refractivity contribution < 1.29 is 17.5 Å². The van der Waals surface area contributed by atoms with Crippen molar-refractivity contribution in [1.29, 1.82) is 0 Å². The Morgan fingerprint density at radius 2 is 1.82 bits per heavy atom. The molecular weight excluding hydrogens is 537 g/mol. The van der Waals surface area contributed by atoms with Crippen LogP contribution in [0.4, 0.5) is 27.8 Å². The fourth-order valence-corrected chi connectivity index (χ4v) is 6.23. The number of piperazine rings is 1. The number of benzene rings is 1. The number of nitrogens with zero attached hydrogens (tertiary/aromatic N) is 7. The Labute approximate surface area is 233 Å². The third-order valence-electron chi connectivity index (χ3n) is 6.96. The summed E-state index contributed by atoms with van der Waals surface area (Å²) in [4.78, 5) is 21.4. The van der Waals surface area contributed by atoms with E-state index in [0.717, 1.165) is 18.1 Å². The molecule has 0 aliphatic carbocycles. The number of nitrogen functional groups attached to an aromatic ring is 1. The molecule has 1 fully saturated rings. The van der Waals surface area contributed by atoms with Gasteiger partial charge in [-0.15, -0.1) is 0 Å². The molecule has 0 spiro atoms. The van der Waals surface area contributed by atoms with Gasteiger partial charge in [-0.3, -0.25) is 0 Å². The molecule has 0 saturated carbocycles. The largest absolute Gasteiger partial charge is 0.380 e. The first-order valence-electron chi connectivity index (χ1n) is 13.3. The van der Waals surface area contributed by atoms with Crippen LogP contribution in [0.1, 0.15) is 18.9 Å². The molecule has 0 unspecified atom stereocenters. The monoisotopic (exact) mass is 571 g/mol. The SMILES string of the molecule is CCCOCCNc1nc(-c2cnc(N)nc2)c2c(n1)N(c1ccc(S(=O)(=O)N3CCN(C)CC3)cc1F)CC2. The molecule has 3 aromatic rings. The van der Waals surface area contributed by atoms with Crippen LogP contribution in [0.15, 0.2) is 35.5 Å². The second-order valence-corrected chi connectivity index (χ2v) is 11.7. The first kappa shape index (κ1) is 28.1. The standard InChI is InChI=1S/C26H34FN9O3S/c1-3-13-39-14-7-29-26-32-23(18-16-30-25(28)31-17-18)20-6-8-36(24(20)33-26)22-5-4-19(15-21(22)27)40(37,38)35-11-9-34(2)10-12-35/h4-5,15-17H,3,6-14H2,1-2H3,(H2,28,30,31)(H,29,32,33). The average molecular weight is 572 g/mol. The van der Waals surface area contributed by atoms with Crippen molar-refractivity contribution in [1.82, 2.24) is 29.1 Å². The molecule has 0 radical (unpaired) electrons. The lowest BCUT2D eigenvalue weighted by molar-refractivity contribution is 0.144. The maximum Gasteiger partial charge on any atom is 0.243 e. The third kappa shape index (κ3) is 5.84. The van der Waals surface area contributed by atoms with E-state index in [-0.39, 0.29) is 16.5 Å². The lowest BCUT2D eigenvalue weighted by Crippen LogP contribution is -2.47. The minimum atomic E-state index is -3.80. The number of nitrogens with two attached hydrogens (primary N) is 1. The van der Waals surface area contributed by atoms with Gasteiger partial charge in [0.1, 0.15) is 11.6 Å². The average Bonchev–Trinajstić information content (AvgIpc) is 3.37. The van der Waals surface area contributed by atoms with Crippen LogP contribution in [-0.4, -0.2) is 97.1 Å². The quantitative estimate of drug-likeness (QED) is 0.346. The van der Waals surface area contributed by atoms with E-state index in [1.165, 1.54) is 16.4 Å². The Balaban J connectivity index is 1.46. The van der Waals surface area contributed by atoms with E-state index in [1.807, 2.05) is 14.0 Å². The number of hydrogen-bond donors (Lipinski definition) is 2.